The Morgan fingerprint density at radius 3 is 2.27 bits per heavy atom. The second kappa shape index (κ2) is 10.4. The molecule has 1 heterocycles. The van der Waals surface area contributed by atoms with Crippen LogP contribution in [0.5, 0.6) is 11.5 Å². The first-order chi connectivity index (χ1) is 12.3. The summed E-state index contributed by atoms with van der Waals surface area (Å²) in [7, 11) is 0. The molecule has 0 aliphatic carbocycles. The van der Waals surface area contributed by atoms with E-state index < -0.39 is 0 Å². The SMILES string of the molecule is CCCOc1cc2c(cc1OCCC)C(Cc1ccccc1)NCC2.Cl. The molecule has 4 heteroatoms. The summed E-state index contributed by atoms with van der Waals surface area (Å²) in [6.07, 6.45) is 4.03. The molecule has 26 heavy (non-hydrogen) atoms. The minimum Gasteiger partial charge on any atom is -0.490 e. The van der Waals surface area contributed by atoms with Crippen molar-refractivity contribution in [2.24, 2.45) is 0 Å². The third kappa shape index (κ3) is 5.15. The van der Waals surface area contributed by atoms with E-state index in [0.717, 1.165) is 56.9 Å². The lowest BCUT2D eigenvalue weighted by atomic mass is 9.90. The molecule has 3 nitrogen and oxygen atoms in total. The number of hydrogen-bond donors (Lipinski definition) is 1. The second-order valence-electron chi connectivity index (χ2n) is 6.64. The highest BCUT2D eigenvalue weighted by molar-refractivity contribution is 5.85. The molecular formula is C22H30ClNO2. The lowest BCUT2D eigenvalue weighted by molar-refractivity contribution is 0.267. The summed E-state index contributed by atoms with van der Waals surface area (Å²) in [6, 6.07) is 15.4. The highest BCUT2D eigenvalue weighted by Gasteiger charge is 2.23. The van der Waals surface area contributed by atoms with Crippen molar-refractivity contribution in [2.45, 2.75) is 45.6 Å². The number of rotatable bonds is 8. The first-order valence-corrected chi connectivity index (χ1v) is 9.51. The van der Waals surface area contributed by atoms with Crippen molar-refractivity contribution in [3.8, 4) is 11.5 Å². The van der Waals surface area contributed by atoms with Gasteiger partial charge in [0.2, 0.25) is 0 Å². The summed E-state index contributed by atoms with van der Waals surface area (Å²) < 4.78 is 12.0. The normalized spacial score (nSPS) is 15.7. The Morgan fingerprint density at radius 2 is 1.62 bits per heavy atom. The van der Waals surface area contributed by atoms with Crippen LogP contribution < -0.4 is 14.8 Å². The van der Waals surface area contributed by atoms with Gasteiger partial charge in [-0.15, -0.1) is 12.4 Å². The lowest BCUT2D eigenvalue weighted by Crippen LogP contribution is -2.31. The predicted octanol–water partition coefficient (Wildman–Crippen LogP) is 5.12. The minimum atomic E-state index is 0. The molecular weight excluding hydrogens is 346 g/mol. The fourth-order valence-corrected chi connectivity index (χ4v) is 3.33. The molecule has 1 aliphatic rings. The zero-order chi connectivity index (χ0) is 17.5. The standard InChI is InChI=1S/C22H29NO2.ClH/c1-3-12-24-21-15-18-10-11-23-20(14-17-8-6-5-7-9-17)19(18)16-22(21)25-13-4-2;/h5-9,15-16,20,23H,3-4,10-14H2,1-2H3;1H. The first-order valence-electron chi connectivity index (χ1n) is 9.51. The Balaban J connectivity index is 0.00000243. The van der Waals surface area contributed by atoms with E-state index in [1.165, 1.54) is 16.7 Å². The number of benzene rings is 2. The Hall–Kier alpha value is -1.71. The van der Waals surface area contributed by atoms with E-state index >= 15 is 0 Å². The number of nitrogens with one attached hydrogen (secondary N) is 1. The zero-order valence-electron chi connectivity index (χ0n) is 15.8. The second-order valence-corrected chi connectivity index (χ2v) is 6.64. The van der Waals surface area contributed by atoms with Crippen molar-refractivity contribution in [3.63, 3.8) is 0 Å². The molecule has 0 saturated heterocycles. The Labute approximate surface area is 163 Å². The molecule has 0 radical (unpaired) electrons. The maximum absolute atomic E-state index is 6.00. The highest BCUT2D eigenvalue weighted by Crippen LogP contribution is 2.36. The zero-order valence-corrected chi connectivity index (χ0v) is 16.6. The van der Waals surface area contributed by atoms with Gasteiger partial charge in [-0.1, -0.05) is 44.2 Å². The molecule has 3 rings (SSSR count). The average molecular weight is 376 g/mol. The molecule has 142 valence electrons. The molecule has 0 fully saturated rings. The van der Waals surface area contributed by atoms with Crippen molar-refractivity contribution >= 4 is 12.4 Å². The van der Waals surface area contributed by atoms with Crippen LogP contribution in [0.15, 0.2) is 42.5 Å². The van der Waals surface area contributed by atoms with Crippen LogP contribution in [0, 0.1) is 0 Å². The van der Waals surface area contributed by atoms with E-state index in [1.54, 1.807) is 0 Å². The van der Waals surface area contributed by atoms with Crippen LogP contribution in [0.3, 0.4) is 0 Å². The van der Waals surface area contributed by atoms with E-state index in [-0.39, 0.29) is 12.4 Å². The van der Waals surface area contributed by atoms with Crippen LogP contribution in [0.25, 0.3) is 0 Å². The molecule has 1 unspecified atom stereocenters. The smallest absolute Gasteiger partial charge is 0.161 e. The van der Waals surface area contributed by atoms with Crippen molar-refractivity contribution in [3.05, 3.63) is 59.2 Å². The van der Waals surface area contributed by atoms with E-state index in [4.69, 9.17) is 9.47 Å². The summed E-state index contributed by atoms with van der Waals surface area (Å²) in [5.74, 6) is 1.78. The summed E-state index contributed by atoms with van der Waals surface area (Å²) in [4.78, 5) is 0. The summed E-state index contributed by atoms with van der Waals surface area (Å²) >= 11 is 0. The molecule has 1 atom stereocenters. The summed E-state index contributed by atoms with van der Waals surface area (Å²) in [5.41, 5.74) is 4.09. The lowest BCUT2D eigenvalue weighted by Gasteiger charge is -2.28. The van der Waals surface area contributed by atoms with Crippen LogP contribution in [0.1, 0.15) is 49.4 Å². The van der Waals surface area contributed by atoms with Crippen LogP contribution in [0.2, 0.25) is 0 Å². The van der Waals surface area contributed by atoms with E-state index in [1.807, 2.05) is 0 Å². The van der Waals surface area contributed by atoms with Gasteiger partial charge in [0.1, 0.15) is 0 Å². The van der Waals surface area contributed by atoms with Gasteiger partial charge in [0, 0.05) is 6.04 Å². The van der Waals surface area contributed by atoms with E-state index in [9.17, 15) is 0 Å². The molecule has 0 bridgehead atoms. The van der Waals surface area contributed by atoms with Crippen LogP contribution in [-0.4, -0.2) is 19.8 Å². The molecule has 0 saturated carbocycles. The first kappa shape index (κ1) is 20.6. The monoisotopic (exact) mass is 375 g/mol. The van der Waals surface area contributed by atoms with Crippen LogP contribution >= 0.6 is 12.4 Å². The van der Waals surface area contributed by atoms with Gasteiger partial charge in [0.25, 0.3) is 0 Å². The highest BCUT2D eigenvalue weighted by atomic mass is 35.5. The van der Waals surface area contributed by atoms with Gasteiger partial charge in [-0.3, -0.25) is 0 Å². The van der Waals surface area contributed by atoms with Gasteiger partial charge in [-0.25, -0.2) is 0 Å². The predicted molar refractivity (Wildman–Crippen MR) is 110 cm³/mol. The van der Waals surface area contributed by atoms with Crippen LogP contribution in [-0.2, 0) is 12.8 Å². The van der Waals surface area contributed by atoms with Crippen molar-refractivity contribution in [1.82, 2.24) is 5.32 Å². The Morgan fingerprint density at radius 1 is 0.962 bits per heavy atom. The third-order valence-corrected chi connectivity index (χ3v) is 4.57. The molecule has 0 aromatic heterocycles. The summed E-state index contributed by atoms with van der Waals surface area (Å²) in [5, 5.41) is 3.67. The number of halogens is 1. The van der Waals surface area contributed by atoms with Crippen molar-refractivity contribution in [1.29, 1.82) is 0 Å². The largest absolute Gasteiger partial charge is 0.490 e. The van der Waals surface area contributed by atoms with Gasteiger partial charge in [0.05, 0.1) is 13.2 Å². The maximum Gasteiger partial charge on any atom is 0.161 e. The number of fused-ring (bicyclic) bond motifs is 1. The molecule has 0 amide bonds. The quantitative estimate of drug-likeness (QED) is 0.695. The minimum absolute atomic E-state index is 0. The molecule has 2 aromatic rings. The fourth-order valence-electron chi connectivity index (χ4n) is 3.33. The third-order valence-electron chi connectivity index (χ3n) is 4.57. The molecule has 2 aromatic carbocycles. The maximum atomic E-state index is 6.00. The van der Waals surface area contributed by atoms with Crippen LogP contribution in [0.4, 0.5) is 0 Å². The topological polar surface area (TPSA) is 30.5 Å². The van der Waals surface area contributed by atoms with Crippen molar-refractivity contribution in [2.75, 3.05) is 19.8 Å². The van der Waals surface area contributed by atoms with Gasteiger partial charge in [0.15, 0.2) is 11.5 Å². The Bertz CT molecular complexity index is 675. The van der Waals surface area contributed by atoms with E-state index in [2.05, 4.69) is 61.6 Å². The molecule has 0 spiro atoms. The fraction of sp³-hybridized carbons (Fsp3) is 0.455. The Kier molecular flexibility index (Phi) is 8.27. The molecule has 1 N–H and O–H groups in total. The van der Waals surface area contributed by atoms with Gasteiger partial charge in [-0.05, 0) is 61.1 Å². The van der Waals surface area contributed by atoms with Gasteiger partial charge < -0.3 is 14.8 Å². The summed E-state index contributed by atoms with van der Waals surface area (Å²) in [6.45, 7) is 6.72. The van der Waals surface area contributed by atoms with E-state index in [0.29, 0.717) is 6.04 Å². The van der Waals surface area contributed by atoms with Gasteiger partial charge in [-0.2, -0.15) is 0 Å². The van der Waals surface area contributed by atoms with Crippen molar-refractivity contribution < 1.29 is 9.47 Å². The number of ether oxygens (including phenoxy) is 2. The number of hydrogen-bond acceptors (Lipinski definition) is 3. The average Bonchev–Trinajstić information content (AvgIpc) is 2.65. The molecule has 1 aliphatic heterocycles. The van der Waals surface area contributed by atoms with Gasteiger partial charge >= 0.3 is 0 Å².